The van der Waals surface area contributed by atoms with Crippen LogP contribution < -0.4 is 0 Å². The molecule has 0 atom stereocenters. The molecule has 0 spiro atoms. The summed E-state index contributed by atoms with van der Waals surface area (Å²) in [4.78, 5) is 0. The van der Waals surface area contributed by atoms with Crippen molar-refractivity contribution in [3.8, 4) is 5.75 Å². The van der Waals surface area contributed by atoms with E-state index in [0.717, 1.165) is 12.2 Å². The molecule has 2 nitrogen and oxygen atoms in total. The van der Waals surface area contributed by atoms with Crippen LogP contribution in [0.2, 0.25) is 0 Å². The molecule has 0 saturated heterocycles. The first-order valence-electron chi connectivity index (χ1n) is 4.54. The van der Waals surface area contributed by atoms with Crippen LogP contribution in [0, 0.1) is 5.92 Å². The Morgan fingerprint density at radius 3 is 2.62 bits per heavy atom. The monoisotopic (exact) mass is 180 g/mol. The molecular weight excluding hydrogens is 164 g/mol. The number of aromatic hydroxyl groups is 1. The summed E-state index contributed by atoms with van der Waals surface area (Å²) < 4.78 is 5.40. The highest BCUT2D eigenvalue weighted by Crippen LogP contribution is 2.16. The quantitative estimate of drug-likeness (QED) is 0.771. The lowest BCUT2D eigenvalue weighted by molar-refractivity contribution is 0.0956. The van der Waals surface area contributed by atoms with Crippen molar-refractivity contribution in [2.45, 2.75) is 20.5 Å². The molecule has 0 radical (unpaired) electrons. The molecule has 0 aromatic heterocycles. The fraction of sp³-hybridized carbons (Fsp3) is 0.455. The van der Waals surface area contributed by atoms with Gasteiger partial charge < -0.3 is 9.84 Å². The maximum absolute atomic E-state index is 9.40. The molecule has 72 valence electrons. The van der Waals surface area contributed by atoms with Crippen molar-refractivity contribution >= 4 is 0 Å². The summed E-state index contributed by atoms with van der Waals surface area (Å²) in [6.45, 7) is 5.43. The van der Waals surface area contributed by atoms with Crippen LogP contribution >= 0.6 is 0 Å². The lowest BCUT2D eigenvalue weighted by atomic mass is 10.2. The van der Waals surface area contributed by atoms with Crippen LogP contribution in [0.25, 0.3) is 0 Å². The Hall–Kier alpha value is -1.02. The van der Waals surface area contributed by atoms with E-state index in [1.54, 1.807) is 12.1 Å². The number of benzene rings is 1. The molecule has 0 amide bonds. The summed E-state index contributed by atoms with van der Waals surface area (Å²) in [6, 6.07) is 7.25. The van der Waals surface area contributed by atoms with Gasteiger partial charge in [-0.1, -0.05) is 32.0 Å². The molecule has 0 heterocycles. The first kappa shape index (κ1) is 10.1. The van der Waals surface area contributed by atoms with E-state index in [0.29, 0.717) is 18.3 Å². The molecular formula is C11H16O2. The van der Waals surface area contributed by atoms with E-state index >= 15 is 0 Å². The van der Waals surface area contributed by atoms with Gasteiger partial charge in [0, 0.05) is 12.2 Å². The maximum atomic E-state index is 9.40. The first-order valence-corrected chi connectivity index (χ1v) is 4.54. The Kier molecular flexibility index (Phi) is 3.77. The number of para-hydroxylation sites is 1. The molecule has 0 aliphatic carbocycles. The van der Waals surface area contributed by atoms with Gasteiger partial charge in [-0.15, -0.1) is 0 Å². The summed E-state index contributed by atoms with van der Waals surface area (Å²) in [6.07, 6.45) is 0. The van der Waals surface area contributed by atoms with Gasteiger partial charge in [0.2, 0.25) is 0 Å². The Balaban J connectivity index is 2.41. The minimum Gasteiger partial charge on any atom is -0.508 e. The SMILES string of the molecule is CC(C)COCc1ccccc1O. The Labute approximate surface area is 79.2 Å². The fourth-order valence-electron chi connectivity index (χ4n) is 1.04. The third kappa shape index (κ3) is 3.47. The highest BCUT2D eigenvalue weighted by molar-refractivity contribution is 5.30. The molecule has 2 heteroatoms. The van der Waals surface area contributed by atoms with Gasteiger partial charge in [-0.3, -0.25) is 0 Å². The van der Waals surface area contributed by atoms with E-state index in [1.807, 2.05) is 12.1 Å². The summed E-state index contributed by atoms with van der Waals surface area (Å²) in [5.41, 5.74) is 0.850. The molecule has 0 unspecified atom stereocenters. The second-order valence-electron chi connectivity index (χ2n) is 3.54. The summed E-state index contributed by atoms with van der Waals surface area (Å²) in [5.74, 6) is 0.845. The zero-order chi connectivity index (χ0) is 9.68. The van der Waals surface area contributed by atoms with Gasteiger partial charge >= 0.3 is 0 Å². The molecule has 1 rings (SSSR count). The minimum absolute atomic E-state index is 0.311. The molecule has 0 saturated carbocycles. The van der Waals surface area contributed by atoms with Crippen LogP contribution in [0.1, 0.15) is 19.4 Å². The predicted octanol–water partition coefficient (Wildman–Crippen LogP) is 2.56. The number of hydrogen-bond donors (Lipinski definition) is 1. The highest BCUT2D eigenvalue weighted by Gasteiger charge is 1.99. The van der Waals surface area contributed by atoms with Crippen LogP contribution in [0.5, 0.6) is 5.75 Å². The average molecular weight is 180 g/mol. The number of ether oxygens (including phenoxy) is 1. The standard InChI is InChI=1S/C11H16O2/c1-9(2)7-13-8-10-5-3-4-6-11(10)12/h3-6,9,12H,7-8H2,1-2H3. The zero-order valence-corrected chi connectivity index (χ0v) is 8.16. The number of phenolic OH excluding ortho intramolecular Hbond substituents is 1. The molecule has 0 bridgehead atoms. The molecule has 1 N–H and O–H groups in total. The van der Waals surface area contributed by atoms with Crippen molar-refractivity contribution in [3.05, 3.63) is 29.8 Å². The second kappa shape index (κ2) is 4.87. The van der Waals surface area contributed by atoms with Crippen LogP contribution in [-0.4, -0.2) is 11.7 Å². The Bertz CT molecular complexity index is 256. The summed E-state index contributed by atoms with van der Waals surface area (Å²) in [7, 11) is 0. The van der Waals surface area contributed by atoms with Crippen molar-refractivity contribution in [1.82, 2.24) is 0 Å². The van der Waals surface area contributed by atoms with E-state index in [9.17, 15) is 5.11 Å². The Morgan fingerprint density at radius 1 is 1.31 bits per heavy atom. The summed E-state index contributed by atoms with van der Waals surface area (Å²) in [5, 5.41) is 9.40. The smallest absolute Gasteiger partial charge is 0.121 e. The molecule has 13 heavy (non-hydrogen) atoms. The number of rotatable bonds is 4. The number of hydrogen-bond acceptors (Lipinski definition) is 2. The van der Waals surface area contributed by atoms with Crippen LogP contribution in [0.3, 0.4) is 0 Å². The third-order valence-corrected chi connectivity index (χ3v) is 1.70. The maximum Gasteiger partial charge on any atom is 0.121 e. The van der Waals surface area contributed by atoms with Crippen molar-refractivity contribution in [1.29, 1.82) is 0 Å². The molecule has 0 fully saturated rings. The zero-order valence-electron chi connectivity index (χ0n) is 8.16. The molecule has 1 aromatic rings. The van der Waals surface area contributed by atoms with Crippen LogP contribution in [0.15, 0.2) is 24.3 Å². The van der Waals surface area contributed by atoms with E-state index in [-0.39, 0.29) is 0 Å². The second-order valence-corrected chi connectivity index (χ2v) is 3.54. The van der Waals surface area contributed by atoms with Gasteiger partial charge in [0.15, 0.2) is 0 Å². The third-order valence-electron chi connectivity index (χ3n) is 1.70. The van der Waals surface area contributed by atoms with E-state index in [1.165, 1.54) is 0 Å². The lowest BCUT2D eigenvalue weighted by Gasteiger charge is -2.07. The van der Waals surface area contributed by atoms with Gasteiger partial charge in [-0.05, 0) is 12.0 Å². The normalized spacial score (nSPS) is 10.7. The topological polar surface area (TPSA) is 29.5 Å². The average Bonchev–Trinajstić information content (AvgIpc) is 2.08. The fourth-order valence-corrected chi connectivity index (χ4v) is 1.04. The summed E-state index contributed by atoms with van der Waals surface area (Å²) >= 11 is 0. The predicted molar refractivity (Wildman–Crippen MR) is 52.6 cm³/mol. The van der Waals surface area contributed by atoms with Crippen LogP contribution in [-0.2, 0) is 11.3 Å². The van der Waals surface area contributed by atoms with E-state index < -0.39 is 0 Å². The number of phenols is 1. The van der Waals surface area contributed by atoms with Crippen molar-refractivity contribution in [2.75, 3.05) is 6.61 Å². The van der Waals surface area contributed by atoms with Gasteiger partial charge in [0.25, 0.3) is 0 Å². The van der Waals surface area contributed by atoms with Crippen molar-refractivity contribution < 1.29 is 9.84 Å². The van der Waals surface area contributed by atoms with Crippen molar-refractivity contribution in [2.24, 2.45) is 5.92 Å². The molecule has 1 aromatic carbocycles. The van der Waals surface area contributed by atoms with Gasteiger partial charge in [0.1, 0.15) is 5.75 Å². The molecule has 0 aliphatic rings. The van der Waals surface area contributed by atoms with Crippen LogP contribution in [0.4, 0.5) is 0 Å². The van der Waals surface area contributed by atoms with Gasteiger partial charge in [0.05, 0.1) is 6.61 Å². The minimum atomic E-state index is 0.311. The lowest BCUT2D eigenvalue weighted by Crippen LogP contribution is -2.01. The largest absolute Gasteiger partial charge is 0.508 e. The van der Waals surface area contributed by atoms with E-state index in [4.69, 9.17) is 4.74 Å². The van der Waals surface area contributed by atoms with Gasteiger partial charge in [-0.2, -0.15) is 0 Å². The van der Waals surface area contributed by atoms with E-state index in [2.05, 4.69) is 13.8 Å². The Morgan fingerprint density at radius 2 is 2.00 bits per heavy atom. The highest BCUT2D eigenvalue weighted by atomic mass is 16.5. The van der Waals surface area contributed by atoms with Gasteiger partial charge in [-0.25, -0.2) is 0 Å². The molecule has 0 aliphatic heterocycles. The first-order chi connectivity index (χ1) is 6.20. The van der Waals surface area contributed by atoms with Crippen molar-refractivity contribution in [3.63, 3.8) is 0 Å².